The zero-order valence-electron chi connectivity index (χ0n) is 18.5. The minimum absolute atomic E-state index is 0.238. The number of anilines is 1. The molecule has 33 heavy (non-hydrogen) atoms. The van der Waals surface area contributed by atoms with Crippen molar-refractivity contribution in [2.75, 3.05) is 11.9 Å². The molecule has 7 heteroatoms. The van der Waals surface area contributed by atoms with E-state index < -0.39 is 11.8 Å². The van der Waals surface area contributed by atoms with Gasteiger partial charge < -0.3 is 10.1 Å². The van der Waals surface area contributed by atoms with E-state index in [4.69, 9.17) is 4.74 Å². The van der Waals surface area contributed by atoms with Gasteiger partial charge in [-0.15, -0.1) is 0 Å². The van der Waals surface area contributed by atoms with E-state index in [1.165, 1.54) is 0 Å². The van der Waals surface area contributed by atoms with Gasteiger partial charge in [0.05, 0.1) is 6.61 Å². The molecule has 0 heterocycles. The zero-order valence-corrected chi connectivity index (χ0v) is 18.5. The molecule has 0 unspecified atom stereocenters. The van der Waals surface area contributed by atoms with Crippen molar-refractivity contribution in [3.05, 3.63) is 95.6 Å². The lowest BCUT2D eigenvalue weighted by Gasteiger charge is -2.10. The molecule has 3 aromatic rings. The Kier molecular flexibility index (Phi) is 8.59. The molecule has 0 aliphatic carbocycles. The predicted octanol–water partition coefficient (Wildman–Crippen LogP) is 4.58. The van der Waals surface area contributed by atoms with Crippen LogP contribution in [0.2, 0.25) is 0 Å². The fraction of sp³-hybridized carbons (Fsp3) is 0.192. The predicted molar refractivity (Wildman–Crippen MR) is 127 cm³/mol. The van der Waals surface area contributed by atoms with Gasteiger partial charge in [-0.1, -0.05) is 38.0 Å². The number of unbranched alkanes of at least 4 members (excludes halogenated alkanes) is 2. The molecule has 0 aromatic heterocycles. The summed E-state index contributed by atoms with van der Waals surface area (Å²) in [6, 6.07) is 21.9. The summed E-state index contributed by atoms with van der Waals surface area (Å²) in [4.78, 5) is 36.8. The van der Waals surface area contributed by atoms with Crippen LogP contribution in [-0.4, -0.2) is 24.3 Å². The van der Waals surface area contributed by atoms with E-state index in [1.807, 2.05) is 6.07 Å². The lowest BCUT2D eigenvalue weighted by Crippen LogP contribution is -2.41. The Morgan fingerprint density at radius 3 is 1.79 bits per heavy atom. The molecule has 0 aliphatic rings. The third-order valence-electron chi connectivity index (χ3n) is 4.86. The number of benzene rings is 3. The smallest absolute Gasteiger partial charge is 0.269 e. The topological polar surface area (TPSA) is 96.5 Å². The first kappa shape index (κ1) is 23.5. The molecule has 3 aromatic carbocycles. The van der Waals surface area contributed by atoms with Crippen molar-refractivity contribution < 1.29 is 19.1 Å². The number of ether oxygens (including phenoxy) is 1. The lowest BCUT2D eigenvalue weighted by molar-refractivity contribution is 0.0846. The van der Waals surface area contributed by atoms with Crippen molar-refractivity contribution in [1.29, 1.82) is 0 Å². The lowest BCUT2D eigenvalue weighted by atomic mass is 10.1. The highest BCUT2D eigenvalue weighted by Crippen LogP contribution is 2.14. The first-order valence-corrected chi connectivity index (χ1v) is 10.9. The Morgan fingerprint density at radius 2 is 1.21 bits per heavy atom. The van der Waals surface area contributed by atoms with Gasteiger partial charge >= 0.3 is 0 Å². The van der Waals surface area contributed by atoms with Crippen LogP contribution < -0.4 is 20.9 Å². The number of rotatable bonds is 9. The second-order valence-corrected chi connectivity index (χ2v) is 7.39. The number of hydrogen-bond acceptors (Lipinski definition) is 4. The van der Waals surface area contributed by atoms with E-state index in [0.717, 1.165) is 19.3 Å². The molecule has 0 saturated carbocycles. The van der Waals surface area contributed by atoms with Crippen molar-refractivity contribution >= 4 is 23.4 Å². The summed E-state index contributed by atoms with van der Waals surface area (Å²) in [7, 11) is 0. The second-order valence-electron chi connectivity index (χ2n) is 7.39. The van der Waals surface area contributed by atoms with Crippen LogP contribution in [0.4, 0.5) is 5.69 Å². The number of nitrogens with one attached hydrogen (secondary N) is 3. The molecule has 3 N–H and O–H groups in total. The number of hydrazine groups is 1. The molecular formula is C26H27N3O4. The van der Waals surface area contributed by atoms with Gasteiger partial charge in [0, 0.05) is 22.4 Å². The molecule has 3 amide bonds. The molecule has 170 valence electrons. The van der Waals surface area contributed by atoms with E-state index in [9.17, 15) is 14.4 Å². The summed E-state index contributed by atoms with van der Waals surface area (Å²) in [6.45, 7) is 2.78. The first-order chi connectivity index (χ1) is 16.1. The summed E-state index contributed by atoms with van der Waals surface area (Å²) in [5.41, 5.74) is 6.62. The van der Waals surface area contributed by atoms with E-state index >= 15 is 0 Å². The Balaban J connectivity index is 1.47. The minimum Gasteiger partial charge on any atom is -0.494 e. The molecule has 0 spiro atoms. The summed E-state index contributed by atoms with van der Waals surface area (Å²) >= 11 is 0. The van der Waals surface area contributed by atoms with Crippen molar-refractivity contribution in [1.82, 2.24) is 10.9 Å². The number of carbonyl (C=O) groups excluding carboxylic acids is 3. The zero-order chi connectivity index (χ0) is 23.5. The van der Waals surface area contributed by atoms with E-state index in [-0.39, 0.29) is 5.91 Å². The molecule has 3 rings (SSSR count). The van der Waals surface area contributed by atoms with E-state index in [0.29, 0.717) is 34.7 Å². The normalized spacial score (nSPS) is 10.2. The molecule has 0 fully saturated rings. The number of carbonyl (C=O) groups is 3. The van der Waals surface area contributed by atoms with E-state index in [2.05, 4.69) is 23.1 Å². The third kappa shape index (κ3) is 7.21. The van der Waals surface area contributed by atoms with Gasteiger partial charge in [0.1, 0.15) is 5.75 Å². The number of hydrogen-bond donors (Lipinski definition) is 3. The van der Waals surface area contributed by atoms with Gasteiger partial charge in [0.2, 0.25) is 0 Å². The monoisotopic (exact) mass is 445 g/mol. The van der Waals surface area contributed by atoms with Gasteiger partial charge in [-0.05, 0) is 67.1 Å². The van der Waals surface area contributed by atoms with Crippen LogP contribution in [0.25, 0.3) is 0 Å². The second kappa shape index (κ2) is 12.0. The van der Waals surface area contributed by atoms with Gasteiger partial charge in [0.25, 0.3) is 17.7 Å². The maximum absolute atomic E-state index is 12.3. The Morgan fingerprint density at radius 1 is 0.667 bits per heavy atom. The maximum Gasteiger partial charge on any atom is 0.269 e. The van der Waals surface area contributed by atoms with Gasteiger partial charge in [0.15, 0.2) is 0 Å². The molecule has 0 radical (unpaired) electrons. The summed E-state index contributed by atoms with van der Waals surface area (Å²) < 4.78 is 5.63. The summed E-state index contributed by atoms with van der Waals surface area (Å²) in [5, 5.41) is 2.77. The van der Waals surface area contributed by atoms with Gasteiger partial charge in [-0.25, -0.2) is 0 Å². The van der Waals surface area contributed by atoms with E-state index in [1.54, 1.807) is 72.8 Å². The van der Waals surface area contributed by atoms with Crippen LogP contribution in [-0.2, 0) is 0 Å². The maximum atomic E-state index is 12.3. The fourth-order valence-electron chi connectivity index (χ4n) is 3.00. The van der Waals surface area contributed by atoms with Crippen LogP contribution in [0.15, 0.2) is 78.9 Å². The standard InChI is InChI=1S/C26H27N3O4/c1-2-3-7-18-33-23-16-12-21(13-17-23)26(32)29-28-25(31)20-10-14-22(15-11-20)27-24(30)19-8-5-4-6-9-19/h4-6,8-17H,2-3,7,18H2,1H3,(H,27,30)(H,28,31)(H,29,32). The molecule has 0 bridgehead atoms. The van der Waals surface area contributed by atoms with Gasteiger partial charge in [-0.2, -0.15) is 0 Å². The van der Waals surface area contributed by atoms with Gasteiger partial charge in [-0.3, -0.25) is 25.2 Å². The first-order valence-electron chi connectivity index (χ1n) is 10.9. The molecular weight excluding hydrogens is 418 g/mol. The molecule has 0 atom stereocenters. The average molecular weight is 446 g/mol. The van der Waals surface area contributed by atoms with Crippen LogP contribution in [0.1, 0.15) is 57.3 Å². The Bertz CT molecular complexity index is 1060. The number of amides is 3. The van der Waals surface area contributed by atoms with Crippen molar-refractivity contribution in [2.24, 2.45) is 0 Å². The highest BCUT2D eigenvalue weighted by atomic mass is 16.5. The highest BCUT2D eigenvalue weighted by Gasteiger charge is 2.10. The quantitative estimate of drug-likeness (QED) is 0.332. The Labute approximate surface area is 193 Å². The summed E-state index contributed by atoms with van der Waals surface area (Å²) in [5.74, 6) is -0.448. The average Bonchev–Trinajstić information content (AvgIpc) is 2.86. The summed E-state index contributed by atoms with van der Waals surface area (Å²) in [6.07, 6.45) is 3.24. The third-order valence-corrected chi connectivity index (χ3v) is 4.86. The SMILES string of the molecule is CCCCCOc1ccc(C(=O)NNC(=O)c2ccc(NC(=O)c3ccccc3)cc2)cc1. The van der Waals surface area contributed by atoms with Crippen LogP contribution in [0.3, 0.4) is 0 Å². The highest BCUT2D eigenvalue weighted by molar-refractivity contribution is 6.04. The van der Waals surface area contributed by atoms with Crippen molar-refractivity contribution in [3.63, 3.8) is 0 Å². The molecule has 0 aliphatic heterocycles. The van der Waals surface area contributed by atoms with Crippen LogP contribution in [0.5, 0.6) is 5.75 Å². The molecule has 0 saturated heterocycles. The largest absolute Gasteiger partial charge is 0.494 e. The van der Waals surface area contributed by atoms with Crippen molar-refractivity contribution in [2.45, 2.75) is 26.2 Å². The fourth-order valence-corrected chi connectivity index (χ4v) is 3.00. The molecule has 7 nitrogen and oxygen atoms in total. The van der Waals surface area contributed by atoms with Crippen LogP contribution >= 0.6 is 0 Å². The Hall–Kier alpha value is -4.13. The van der Waals surface area contributed by atoms with Crippen molar-refractivity contribution in [3.8, 4) is 5.75 Å². The van der Waals surface area contributed by atoms with Crippen LogP contribution in [0, 0.1) is 0 Å². The minimum atomic E-state index is -0.472.